The number of ether oxygens (including phenoxy) is 1. The van der Waals surface area contributed by atoms with E-state index in [1.165, 1.54) is 31.2 Å². The molecule has 2 N–H and O–H groups in total. The number of aliphatic imine (C=N–C) groups is 1. The van der Waals surface area contributed by atoms with E-state index in [0.717, 1.165) is 41.9 Å². The van der Waals surface area contributed by atoms with Crippen LogP contribution in [0, 0.1) is 6.92 Å². The van der Waals surface area contributed by atoms with Gasteiger partial charge >= 0.3 is 0 Å². The number of aromatic nitrogens is 1. The Balaban J connectivity index is 0.00000280. The summed E-state index contributed by atoms with van der Waals surface area (Å²) in [5.74, 6) is 1.84. The number of hydrogen-bond acceptors (Lipinski definition) is 4. The minimum Gasteiger partial charge on any atom is -0.496 e. The lowest BCUT2D eigenvalue weighted by Crippen LogP contribution is -2.45. The second-order valence-corrected chi connectivity index (χ2v) is 8.21. The van der Waals surface area contributed by atoms with Gasteiger partial charge < -0.3 is 15.4 Å². The Hall–Kier alpha value is -1.35. The van der Waals surface area contributed by atoms with Crippen LogP contribution >= 0.6 is 35.3 Å². The highest BCUT2D eigenvalue weighted by molar-refractivity contribution is 14.0. The maximum atomic E-state index is 5.65. The van der Waals surface area contributed by atoms with E-state index in [2.05, 4.69) is 44.2 Å². The van der Waals surface area contributed by atoms with Crippen molar-refractivity contribution in [3.05, 3.63) is 45.9 Å². The first-order valence-corrected chi connectivity index (χ1v) is 10.5. The van der Waals surface area contributed by atoms with Crippen LogP contribution in [0.4, 0.5) is 0 Å². The number of halogens is 1. The van der Waals surface area contributed by atoms with E-state index in [1.54, 1.807) is 18.4 Å². The summed E-state index contributed by atoms with van der Waals surface area (Å²) in [4.78, 5) is 8.91. The molecule has 0 spiro atoms. The van der Waals surface area contributed by atoms with Crippen molar-refractivity contribution in [2.24, 2.45) is 4.99 Å². The van der Waals surface area contributed by atoms with Gasteiger partial charge in [0.2, 0.25) is 0 Å². The van der Waals surface area contributed by atoms with Crippen LogP contribution < -0.4 is 15.4 Å². The Bertz CT molecular complexity index is 771. The van der Waals surface area contributed by atoms with Crippen molar-refractivity contribution in [3.8, 4) is 5.75 Å². The van der Waals surface area contributed by atoms with Crippen molar-refractivity contribution in [2.45, 2.75) is 44.4 Å². The molecule has 154 valence electrons. The molecular weight excluding hydrogens is 483 g/mol. The highest BCUT2D eigenvalue weighted by Crippen LogP contribution is 2.44. The molecule has 3 rings (SSSR count). The number of benzene rings is 1. The third-order valence-corrected chi connectivity index (χ3v) is 6.22. The Morgan fingerprint density at radius 2 is 2.00 bits per heavy atom. The molecule has 1 aliphatic rings. The monoisotopic (exact) mass is 514 g/mol. The molecule has 0 unspecified atom stereocenters. The Kier molecular flexibility index (Phi) is 9.01. The summed E-state index contributed by atoms with van der Waals surface area (Å²) in [6, 6.07) is 8.44. The predicted octanol–water partition coefficient (Wildman–Crippen LogP) is 4.30. The minimum absolute atomic E-state index is 0. The minimum atomic E-state index is 0. The van der Waals surface area contributed by atoms with Gasteiger partial charge in [0.15, 0.2) is 5.96 Å². The molecule has 1 fully saturated rings. The third-order valence-electron chi connectivity index (χ3n) is 5.40. The zero-order valence-corrected chi connectivity index (χ0v) is 20.1. The SMILES string of the molecule is CN=C(NCCc1csc(C)n1)NCC1(c2ccccc2OC)CCCC1.I. The summed E-state index contributed by atoms with van der Waals surface area (Å²) >= 11 is 1.70. The summed E-state index contributed by atoms with van der Waals surface area (Å²) in [5, 5.41) is 10.2. The van der Waals surface area contributed by atoms with E-state index in [1.807, 2.05) is 20.0 Å². The predicted molar refractivity (Wildman–Crippen MR) is 128 cm³/mol. The summed E-state index contributed by atoms with van der Waals surface area (Å²) in [7, 11) is 3.59. The van der Waals surface area contributed by atoms with Gasteiger partial charge in [-0.05, 0) is 25.8 Å². The number of nitrogens with one attached hydrogen (secondary N) is 2. The van der Waals surface area contributed by atoms with Crippen molar-refractivity contribution in [2.75, 3.05) is 27.2 Å². The second kappa shape index (κ2) is 11.0. The fourth-order valence-electron chi connectivity index (χ4n) is 3.98. The highest BCUT2D eigenvalue weighted by atomic mass is 127. The molecule has 1 aromatic heterocycles. The first-order chi connectivity index (χ1) is 13.2. The highest BCUT2D eigenvalue weighted by Gasteiger charge is 2.37. The summed E-state index contributed by atoms with van der Waals surface area (Å²) in [5.41, 5.74) is 2.56. The molecule has 5 nitrogen and oxygen atoms in total. The van der Waals surface area contributed by atoms with Crippen LogP contribution in [0.15, 0.2) is 34.6 Å². The van der Waals surface area contributed by atoms with Crippen LogP contribution in [0.1, 0.15) is 41.9 Å². The summed E-state index contributed by atoms with van der Waals surface area (Å²) < 4.78 is 5.65. The quantitative estimate of drug-likeness (QED) is 0.329. The zero-order chi connectivity index (χ0) is 19.1. The number of nitrogens with zero attached hydrogens (tertiary/aromatic N) is 2. The van der Waals surface area contributed by atoms with E-state index in [4.69, 9.17) is 4.74 Å². The number of thiazole rings is 1. The van der Waals surface area contributed by atoms with E-state index in [-0.39, 0.29) is 29.4 Å². The molecule has 0 aliphatic heterocycles. The normalized spacial score (nSPS) is 15.8. The van der Waals surface area contributed by atoms with Crippen molar-refractivity contribution < 1.29 is 4.74 Å². The fraction of sp³-hybridized carbons (Fsp3) is 0.524. The Labute approximate surface area is 189 Å². The van der Waals surface area contributed by atoms with Crippen LogP contribution in [0.2, 0.25) is 0 Å². The largest absolute Gasteiger partial charge is 0.496 e. The summed E-state index contributed by atoms with van der Waals surface area (Å²) in [6.45, 7) is 3.73. The molecule has 2 aromatic rings. The fourth-order valence-corrected chi connectivity index (χ4v) is 4.63. The molecule has 0 bridgehead atoms. The van der Waals surface area contributed by atoms with E-state index in [0.29, 0.717) is 0 Å². The molecule has 0 amide bonds. The van der Waals surface area contributed by atoms with Gasteiger partial charge in [0.25, 0.3) is 0 Å². The molecule has 0 atom stereocenters. The molecule has 1 heterocycles. The van der Waals surface area contributed by atoms with Crippen molar-refractivity contribution in [1.82, 2.24) is 15.6 Å². The van der Waals surface area contributed by atoms with Gasteiger partial charge in [-0.15, -0.1) is 35.3 Å². The number of hydrogen-bond donors (Lipinski definition) is 2. The van der Waals surface area contributed by atoms with Gasteiger partial charge in [-0.2, -0.15) is 0 Å². The third kappa shape index (κ3) is 5.59. The lowest BCUT2D eigenvalue weighted by atomic mass is 9.78. The van der Waals surface area contributed by atoms with Gasteiger partial charge in [-0.3, -0.25) is 4.99 Å². The van der Waals surface area contributed by atoms with Gasteiger partial charge in [-0.25, -0.2) is 4.98 Å². The first kappa shape index (κ1) is 22.9. The number of guanidine groups is 1. The summed E-state index contributed by atoms with van der Waals surface area (Å²) in [6.07, 6.45) is 5.78. The van der Waals surface area contributed by atoms with Crippen molar-refractivity contribution in [1.29, 1.82) is 0 Å². The van der Waals surface area contributed by atoms with E-state index >= 15 is 0 Å². The van der Waals surface area contributed by atoms with Gasteiger partial charge in [-0.1, -0.05) is 31.0 Å². The number of aryl methyl sites for hydroxylation is 1. The smallest absolute Gasteiger partial charge is 0.191 e. The molecule has 0 saturated heterocycles. The molecule has 0 radical (unpaired) electrons. The first-order valence-electron chi connectivity index (χ1n) is 9.66. The molecular formula is C21H31IN4OS. The van der Waals surface area contributed by atoms with Crippen LogP contribution in [0.5, 0.6) is 5.75 Å². The average Bonchev–Trinajstić information content (AvgIpc) is 3.34. The zero-order valence-electron chi connectivity index (χ0n) is 17.0. The van der Waals surface area contributed by atoms with Gasteiger partial charge in [0.05, 0.1) is 17.8 Å². The molecule has 1 aliphatic carbocycles. The van der Waals surface area contributed by atoms with Crippen LogP contribution in [0.3, 0.4) is 0 Å². The van der Waals surface area contributed by atoms with Gasteiger partial charge in [0, 0.05) is 42.9 Å². The standard InChI is InChI=1S/C21H30N4OS.HI/c1-16-25-17(14-27-16)10-13-23-20(22-2)24-15-21(11-6-7-12-21)18-8-4-5-9-19(18)26-3;/h4-5,8-9,14H,6-7,10-13,15H2,1-3H3,(H2,22,23,24);1H. The molecule has 7 heteroatoms. The Morgan fingerprint density at radius 3 is 2.64 bits per heavy atom. The molecule has 28 heavy (non-hydrogen) atoms. The Morgan fingerprint density at radius 1 is 1.25 bits per heavy atom. The molecule has 1 saturated carbocycles. The number of para-hydroxylation sites is 1. The lowest BCUT2D eigenvalue weighted by Gasteiger charge is -2.32. The topological polar surface area (TPSA) is 58.5 Å². The average molecular weight is 514 g/mol. The van der Waals surface area contributed by atoms with E-state index in [9.17, 15) is 0 Å². The van der Waals surface area contributed by atoms with Crippen molar-refractivity contribution in [3.63, 3.8) is 0 Å². The number of rotatable bonds is 7. The van der Waals surface area contributed by atoms with Gasteiger partial charge in [0.1, 0.15) is 5.75 Å². The maximum Gasteiger partial charge on any atom is 0.191 e. The van der Waals surface area contributed by atoms with Crippen molar-refractivity contribution >= 4 is 41.3 Å². The lowest BCUT2D eigenvalue weighted by molar-refractivity contribution is 0.371. The molecule has 1 aromatic carbocycles. The van der Waals surface area contributed by atoms with E-state index < -0.39 is 0 Å². The number of methoxy groups -OCH3 is 1. The maximum absolute atomic E-state index is 5.65. The van der Waals surface area contributed by atoms with Crippen LogP contribution in [-0.4, -0.2) is 38.2 Å². The van der Waals surface area contributed by atoms with Crippen LogP contribution in [-0.2, 0) is 11.8 Å². The van der Waals surface area contributed by atoms with Crippen LogP contribution in [0.25, 0.3) is 0 Å². The second-order valence-electron chi connectivity index (χ2n) is 7.15.